The van der Waals surface area contributed by atoms with Crippen LogP contribution in [0.3, 0.4) is 0 Å². The second kappa shape index (κ2) is 4.05. The normalized spacial score (nSPS) is 12.5. The molecular formula is C8H12BrN3O2S. The maximum absolute atomic E-state index is 11.7. The van der Waals surface area contributed by atoms with E-state index in [1.165, 1.54) is 12.4 Å². The Bertz CT molecular complexity index is 436. The van der Waals surface area contributed by atoms with Gasteiger partial charge in [0, 0.05) is 0 Å². The minimum Gasteiger partial charge on any atom is -0.266 e. The molecule has 1 N–H and O–H groups in total. The van der Waals surface area contributed by atoms with E-state index in [0.29, 0.717) is 4.60 Å². The topological polar surface area (TPSA) is 72.0 Å². The van der Waals surface area contributed by atoms with Crippen molar-refractivity contribution < 1.29 is 8.42 Å². The van der Waals surface area contributed by atoms with E-state index < -0.39 is 14.8 Å². The van der Waals surface area contributed by atoms with E-state index in [9.17, 15) is 8.42 Å². The van der Waals surface area contributed by atoms with Crippen LogP contribution in [0.2, 0.25) is 0 Å². The zero-order chi connectivity index (χ0) is 11.7. The third kappa shape index (κ3) is 3.13. The van der Waals surface area contributed by atoms with Crippen molar-refractivity contribution in [3.05, 3.63) is 17.0 Å². The molecule has 0 bridgehead atoms. The number of hydrogen-bond donors (Lipinski definition) is 1. The first-order chi connectivity index (χ1) is 6.72. The summed E-state index contributed by atoms with van der Waals surface area (Å²) in [5, 5.41) is 0. The molecular weight excluding hydrogens is 282 g/mol. The second-order valence-electron chi connectivity index (χ2n) is 3.94. The predicted octanol–water partition coefficient (Wildman–Crippen LogP) is 1.78. The number of anilines is 1. The Morgan fingerprint density at radius 2 is 1.87 bits per heavy atom. The molecule has 0 spiro atoms. The van der Waals surface area contributed by atoms with E-state index >= 15 is 0 Å². The molecule has 1 heterocycles. The van der Waals surface area contributed by atoms with E-state index in [2.05, 4.69) is 30.6 Å². The molecule has 0 saturated carbocycles. The molecule has 1 aromatic rings. The largest absolute Gasteiger partial charge is 0.266 e. The monoisotopic (exact) mass is 293 g/mol. The summed E-state index contributed by atoms with van der Waals surface area (Å²) in [4.78, 5) is 7.75. The van der Waals surface area contributed by atoms with Crippen LogP contribution >= 0.6 is 15.9 Å². The first kappa shape index (κ1) is 12.4. The number of nitrogens with zero attached hydrogens (tertiary/aromatic N) is 2. The Morgan fingerprint density at radius 3 is 2.27 bits per heavy atom. The first-order valence-electron chi connectivity index (χ1n) is 4.22. The van der Waals surface area contributed by atoms with Gasteiger partial charge in [-0.2, -0.15) is 0 Å². The molecule has 5 nitrogen and oxygen atoms in total. The van der Waals surface area contributed by atoms with Crippen molar-refractivity contribution in [2.75, 3.05) is 4.72 Å². The Balaban J connectivity index is 2.93. The lowest BCUT2D eigenvalue weighted by Crippen LogP contribution is -2.34. The van der Waals surface area contributed by atoms with Gasteiger partial charge in [-0.1, -0.05) is 0 Å². The van der Waals surface area contributed by atoms with Crippen molar-refractivity contribution in [2.24, 2.45) is 0 Å². The highest BCUT2D eigenvalue weighted by molar-refractivity contribution is 9.10. The summed E-state index contributed by atoms with van der Waals surface area (Å²) in [7, 11) is -3.43. The molecule has 0 unspecified atom stereocenters. The molecule has 1 aromatic heterocycles. The van der Waals surface area contributed by atoms with Gasteiger partial charge in [-0.05, 0) is 36.7 Å². The van der Waals surface area contributed by atoms with Crippen LogP contribution in [0, 0.1) is 0 Å². The van der Waals surface area contributed by atoms with E-state index in [4.69, 9.17) is 0 Å². The van der Waals surface area contributed by atoms with Crippen LogP contribution in [0.1, 0.15) is 20.8 Å². The van der Waals surface area contributed by atoms with Crippen molar-refractivity contribution >= 4 is 31.8 Å². The van der Waals surface area contributed by atoms with Gasteiger partial charge in [-0.25, -0.2) is 18.4 Å². The van der Waals surface area contributed by atoms with Gasteiger partial charge in [0.05, 0.1) is 17.1 Å². The second-order valence-corrected chi connectivity index (χ2v) is 7.19. The summed E-state index contributed by atoms with van der Waals surface area (Å²) in [5.74, 6) is 0.216. The minimum absolute atomic E-state index is 0.216. The van der Waals surface area contributed by atoms with Gasteiger partial charge in [0.2, 0.25) is 10.0 Å². The molecule has 7 heteroatoms. The highest BCUT2D eigenvalue weighted by Crippen LogP contribution is 2.17. The molecule has 0 atom stereocenters. The molecule has 0 saturated heterocycles. The molecule has 0 aliphatic carbocycles. The van der Waals surface area contributed by atoms with Crippen LogP contribution in [0.15, 0.2) is 17.0 Å². The van der Waals surface area contributed by atoms with Gasteiger partial charge in [-0.15, -0.1) is 0 Å². The van der Waals surface area contributed by atoms with Crippen molar-refractivity contribution in [1.82, 2.24) is 9.97 Å². The zero-order valence-corrected chi connectivity index (χ0v) is 11.1. The third-order valence-electron chi connectivity index (χ3n) is 1.67. The molecule has 0 radical (unpaired) electrons. The molecule has 0 aliphatic heterocycles. The molecule has 0 aromatic carbocycles. The summed E-state index contributed by atoms with van der Waals surface area (Å²) in [6.45, 7) is 4.84. The average Bonchev–Trinajstić information content (AvgIpc) is 2.06. The number of rotatable bonds is 2. The fourth-order valence-corrected chi connectivity index (χ4v) is 1.55. The van der Waals surface area contributed by atoms with Gasteiger partial charge < -0.3 is 0 Å². The summed E-state index contributed by atoms with van der Waals surface area (Å²) in [5.41, 5.74) is 0. The fourth-order valence-electron chi connectivity index (χ4n) is 0.656. The number of aromatic nitrogens is 2. The minimum atomic E-state index is -3.43. The van der Waals surface area contributed by atoms with Gasteiger partial charge in [0.1, 0.15) is 4.60 Å². The lowest BCUT2D eigenvalue weighted by molar-refractivity contribution is 0.565. The lowest BCUT2D eigenvalue weighted by Gasteiger charge is -2.19. The van der Waals surface area contributed by atoms with Crippen LogP contribution in [-0.4, -0.2) is 23.1 Å². The molecule has 15 heavy (non-hydrogen) atoms. The fraction of sp³-hybridized carbons (Fsp3) is 0.500. The average molecular weight is 294 g/mol. The van der Waals surface area contributed by atoms with Gasteiger partial charge in [0.25, 0.3) is 0 Å². The van der Waals surface area contributed by atoms with Gasteiger partial charge in [-0.3, -0.25) is 4.72 Å². The highest BCUT2D eigenvalue weighted by Gasteiger charge is 2.29. The SMILES string of the molecule is CC(C)(C)S(=O)(=O)Nc1cnc(Br)cn1. The molecule has 1 rings (SSSR count). The summed E-state index contributed by atoms with van der Waals surface area (Å²) < 4.78 is 25.5. The maximum Gasteiger partial charge on any atom is 0.238 e. The van der Waals surface area contributed by atoms with E-state index in [0.717, 1.165) is 0 Å². The number of nitrogens with one attached hydrogen (secondary N) is 1. The third-order valence-corrected chi connectivity index (χ3v) is 4.17. The van der Waals surface area contributed by atoms with Crippen molar-refractivity contribution in [3.63, 3.8) is 0 Å². The van der Waals surface area contributed by atoms with Crippen LogP contribution in [-0.2, 0) is 10.0 Å². The Morgan fingerprint density at radius 1 is 1.27 bits per heavy atom. The maximum atomic E-state index is 11.7. The van der Waals surface area contributed by atoms with Crippen molar-refractivity contribution in [3.8, 4) is 0 Å². The van der Waals surface area contributed by atoms with Crippen LogP contribution in [0.25, 0.3) is 0 Å². The Labute approximate surface area is 97.5 Å². The summed E-state index contributed by atoms with van der Waals surface area (Å²) in [6.07, 6.45) is 2.79. The number of halogens is 1. The number of hydrogen-bond acceptors (Lipinski definition) is 4. The molecule has 0 fully saturated rings. The molecule has 0 aliphatic rings. The zero-order valence-electron chi connectivity index (χ0n) is 8.65. The summed E-state index contributed by atoms with van der Waals surface area (Å²) >= 11 is 3.11. The highest BCUT2D eigenvalue weighted by atomic mass is 79.9. The van der Waals surface area contributed by atoms with Gasteiger partial charge >= 0.3 is 0 Å². The quantitative estimate of drug-likeness (QED) is 0.902. The first-order valence-corrected chi connectivity index (χ1v) is 6.50. The smallest absolute Gasteiger partial charge is 0.238 e. The van der Waals surface area contributed by atoms with E-state index in [1.54, 1.807) is 20.8 Å². The van der Waals surface area contributed by atoms with Crippen LogP contribution in [0.4, 0.5) is 5.82 Å². The molecule has 84 valence electrons. The number of sulfonamides is 1. The van der Waals surface area contributed by atoms with Crippen molar-refractivity contribution in [2.45, 2.75) is 25.5 Å². The Hall–Kier alpha value is -0.690. The summed E-state index contributed by atoms with van der Waals surface area (Å²) in [6, 6.07) is 0. The molecule has 0 amide bonds. The predicted molar refractivity (Wildman–Crippen MR) is 62.0 cm³/mol. The van der Waals surface area contributed by atoms with Crippen molar-refractivity contribution in [1.29, 1.82) is 0 Å². The van der Waals surface area contributed by atoms with Gasteiger partial charge in [0.15, 0.2) is 5.82 Å². The van der Waals surface area contributed by atoms with E-state index in [-0.39, 0.29) is 5.82 Å². The van der Waals surface area contributed by atoms with Crippen LogP contribution < -0.4 is 4.72 Å². The van der Waals surface area contributed by atoms with Crippen LogP contribution in [0.5, 0.6) is 0 Å². The Kier molecular flexibility index (Phi) is 3.34. The standard InChI is InChI=1S/C8H12BrN3O2S/c1-8(2,3)15(13,14)12-7-5-10-6(9)4-11-7/h4-5H,1-3H3,(H,11,12). The van der Waals surface area contributed by atoms with E-state index in [1.807, 2.05) is 0 Å². The lowest BCUT2D eigenvalue weighted by atomic mass is 10.3.